The maximum Gasteiger partial charge on any atom is 0.229 e. The van der Waals surface area contributed by atoms with Crippen molar-refractivity contribution in [3.05, 3.63) is 41.5 Å². The summed E-state index contributed by atoms with van der Waals surface area (Å²) in [5.41, 5.74) is 0.754. The Hall–Kier alpha value is -2.76. The number of aliphatic hydroxyl groups excluding tert-OH is 4. The number of aliphatic hydroxyl groups is 4. The first-order valence-electron chi connectivity index (χ1n) is 9.74. The van der Waals surface area contributed by atoms with Gasteiger partial charge < -0.3 is 50.0 Å². The number of rotatable bonds is 3. The van der Waals surface area contributed by atoms with Crippen LogP contribution in [0.5, 0.6) is 28.7 Å². The first-order chi connectivity index (χ1) is 14.7. The molecular weight excluding hydrogens is 412 g/mol. The van der Waals surface area contributed by atoms with Gasteiger partial charge in [0.15, 0.2) is 11.5 Å². The van der Waals surface area contributed by atoms with Crippen LogP contribution in [0.25, 0.3) is 0 Å². The van der Waals surface area contributed by atoms with E-state index in [0.717, 1.165) is 0 Å². The van der Waals surface area contributed by atoms with Crippen molar-refractivity contribution in [3.63, 3.8) is 0 Å². The largest absolute Gasteiger partial charge is 0.507 e. The summed E-state index contributed by atoms with van der Waals surface area (Å²) in [5, 5.41) is 70.0. The van der Waals surface area contributed by atoms with E-state index in [-0.39, 0.29) is 35.2 Å². The molecule has 0 aromatic heterocycles. The summed E-state index contributed by atoms with van der Waals surface area (Å²) >= 11 is 0. The Kier molecular flexibility index (Phi) is 5.58. The molecule has 31 heavy (non-hydrogen) atoms. The number of fused-ring (bicyclic) bond motifs is 1. The molecule has 1 fully saturated rings. The number of aromatic hydroxyl groups is 3. The van der Waals surface area contributed by atoms with Gasteiger partial charge in [-0.05, 0) is 24.6 Å². The molecule has 7 N–H and O–H groups in total. The van der Waals surface area contributed by atoms with Gasteiger partial charge in [-0.1, -0.05) is 6.07 Å². The summed E-state index contributed by atoms with van der Waals surface area (Å²) in [6.07, 6.45) is -8.25. The number of phenols is 3. The molecule has 10 heteroatoms. The third-order valence-electron chi connectivity index (χ3n) is 5.56. The van der Waals surface area contributed by atoms with E-state index in [4.69, 9.17) is 14.2 Å². The normalized spacial score (nSPS) is 32.7. The summed E-state index contributed by atoms with van der Waals surface area (Å²) in [7, 11) is 0. The number of hydrogen-bond donors (Lipinski definition) is 7. The van der Waals surface area contributed by atoms with Crippen molar-refractivity contribution in [3.8, 4) is 28.7 Å². The molecule has 2 aromatic carbocycles. The third-order valence-corrected chi connectivity index (χ3v) is 5.56. The van der Waals surface area contributed by atoms with Crippen LogP contribution in [-0.2, 0) is 11.2 Å². The van der Waals surface area contributed by atoms with Gasteiger partial charge in [0.25, 0.3) is 0 Å². The molecule has 7 atom stereocenters. The molecule has 0 saturated carbocycles. The van der Waals surface area contributed by atoms with Gasteiger partial charge >= 0.3 is 0 Å². The van der Waals surface area contributed by atoms with Crippen molar-refractivity contribution in [1.82, 2.24) is 0 Å². The Labute approximate surface area is 177 Å². The lowest BCUT2D eigenvalue weighted by molar-refractivity contribution is -0.268. The molecule has 0 aliphatic carbocycles. The molecule has 2 aliphatic heterocycles. The predicted octanol–water partition coefficient (Wildman–Crippen LogP) is 0.0468. The SMILES string of the molecule is C[C@@H]1O[C@@H](Oc2cc(O)c3c(c2)OC(c2ccc(O)c(O)c2)C(O)C3)[C@H](O)[C@H](O)[C@H]1O. The van der Waals surface area contributed by atoms with E-state index in [9.17, 15) is 35.7 Å². The van der Waals surface area contributed by atoms with Crippen LogP contribution in [0.4, 0.5) is 0 Å². The first kappa shape index (κ1) is 21.5. The molecule has 2 aromatic rings. The highest BCUT2D eigenvalue weighted by Gasteiger charge is 2.43. The number of benzene rings is 2. The van der Waals surface area contributed by atoms with Crippen molar-refractivity contribution >= 4 is 0 Å². The van der Waals surface area contributed by atoms with Gasteiger partial charge in [0.2, 0.25) is 6.29 Å². The monoisotopic (exact) mass is 436 g/mol. The Morgan fingerprint density at radius 1 is 0.871 bits per heavy atom. The summed E-state index contributed by atoms with van der Waals surface area (Å²) in [6, 6.07) is 6.74. The average molecular weight is 436 g/mol. The van der Waals surface area contributed by atoms with E-state index < -0.39 is 42.9 Å². The molecule has 0 amide bonds. The zero-order valence-corrected chi connectivity index (χ0v) is 16.5. The standard InChI is InChI=1S/C21H24O10/c1-8-17(26)18(27)19(28)21(29-8)30-10-5-13(23)11-7-15(25)20(31-16(11)6-10)9-2-3-12(22)14(24)4-9/h2-6,8,15,17-28H,7H2,1H3/t8-,15?,17-,18+,19+,20?,21-/m0/s1. The maximum absolute atomic E-state index is 10.5. The molecule has 0 spiro atoms. The Balaban J connectivity index is 1.59. The second kappa shape index (κ2) is 8.06. The van der Waals surface area contributed by atoms with Crippen molar-refractivity contribution in [2.24, 2.45) is 0 Å². The summed E-state index contributed by atoms with van der Waals surface area (Å²) < 4.78 is 16.8. The number of hydrogen-bond acceptors (Lipinski definition) is 10. The topological polar surface area (TPSA) is 169 Å². The fourth-order valence-electron chi connectivity index (χ4n) is 3.77. The molecule has 2 aliphatic rings. The molecule has 1 saturated heterocycles. The van der Waals surface area contributed by atoms with Crippen LogP contribution in [0.1, 0.15) is 24.2 Å². The van der Waals surface area contributed by atoms with Crippen LogP contribution < -0.4 is 9.47 Å². The van der Waals surface area contributed by atoms with Crippen molar-refractivity contribution in [2.45, 2.75) is 56.3 Å². The molecule has 2 unspecified atom stereocenters. The van der Waals surface area contributed by atoms with E-state index >= 15 is 0 Å². The second-order valence-corrected chi connectivity index (χ2v) is 7.78. The highest BCUT2D eigenvalue weighted by atomic mass is 16.7. The van der Waals surface area contributed by atoms with Crippen molar-refractivity contribution < 1.29 is 50.0 Å². The molecule has 168 valence electrons. The zero-order chi connectivity index (χ0) is 22.4. The number of ether oxygens (including phenoxy) is 3. The molecule has 10 nitrogen and oxygen atoms in total. The minimum Gasteiger partial charge on any atom is -0.507 e. The van der Waals surface area contributed by atoms with Gasteiger partial charge in [-0.25, -0.2) is 0 Å². The van der Waals surface area contributed by atoms with Crippen molar-refractivity contribution in [1.29, 1.82) is 0 Å². The summed E-state index contributed by atoms with van der Waals surface area (Å²) in [5.74, 6) is -0.609. The molecule has 0 bridgehead atoms. The minimum absolute atomic E-state index is 0.0538. The fraction of sp³-hybridized carbons (Fsp3) is 0.429. The van der Waals surface area contributed by atoms with Crippen LogP contribution in [0.2, 0.25) is 0 Å². The minimum atomic E-state index is -1.53. The summed E-state index contributed by atoms with van der Waals surface area (Å²) in [6.45, 7) is 1.52. The van der Waals surface area contributed by atoms with E-state index in [2.05, 4.69) is 0 Å². The smallest absolute Gasteiger partial charge is 0.229 e. The maximum atomic E-state index is 10.5. The molecule has 2 heterocycles. The van der Waals surface area contributed by atoms with Gasteiger partial charge in [0.1, 0.15) is 41.7 Å². The van der Waals surface area contributed by atoms with E-state index in [1.165, 1.54) is 37.3 Å². The Morgan fingerprint density at radius 2 is 1.61 bits per heavy atom. The first-order valence-corrected chi connectivity index (χ1v) is 9.74. The van der Waals surface area contributed by atoms with Gasteiger partial charge in [-0.2, -0.15) is 0 Å². The molecule has 4 rings (SSSR count). The van der Waals surface area contributed by atoms with E-state index in [1.54, 1.807) is 0 Å². The van der Waals surface area contributed by atoms with Gasteiger partial charge in [-0.3, -0.25) is 0 Å². The van der Waals surface area contributed by atoms with Gasteiger partial charge in [0, 0.05) is 24.1 Å². The lowest BCUT2D eigenvalue weighted by Gasteiger charge is -2.39. The lowest BCUT2D eigenvalue weighted by Crippen LogP contribution is -2.58. The third kappa shape index (κ3) is 3.95. The van der Waals surface area contributed by atoms with E-state index in [1.807, 2.05) is 0 Å². The van der Waals surface area contributed by atoms with Crippen LogP contribution in [0.3, 0.4) is 0 Å². The quantitative estimate of drug-likeness (QED) is 0.326. The van der Waals surface area contributed by atoms with Crippen LogP contribution in [-0.4, -0.2) is 72.6 Å². The fourth-order valence-corrected chi connectivity index (χ4v) is 3.77. The highest BCUT2D eigenvalue weighted by molar-refractivity contribution is 5.52. The number of phenolic OH excluding ortho intramolecular Hbond substituents is 3. The lowest BCUT2D eigenvalue weighted by atomic mass is 9.94. The zero-order valence-electron chi connectivity index (χ0n) is 16.5. The Morgan fingerprint density at radius 3 is 2.32 bits per heavy atom. The predicted molar refractivity (Wildman–Crippen MR) is 104 cm³/mol. The van der Waals surface area contributed by atoms with Crippen LogP contribution in [0.15, 0.2) is 30.3 Å². The van der Waals surface area contributed by atoms with Crippen LogP contribution >= 0.6 is 0 Å². The van der Waals surface area contributed by atoms with E-state index in [0.29, 0.717) is 11.1 Å². The molecular formula is C21H24O10. The van der Waals surface area contributed by atoms with Crippen LogP contribution in [0, 0.1) is 0 Å². The summed E-state index contributed by atoms with van der Waals surface area (Å²) in [4.78, 5) is 0. The van der Waals surface area contributed by atoms with Gasteiger partial charge in [0.05, 0.1) is 12.2 Å². The second-order valence-electron chi connectivity index (χ2n) is 7.78. The average Bonchev–Trinajstić information content (AvgIpc) is 2.73. The molecule has 0 radical (unpaired) electrons. The Bertz CT molecular complexity index is 963. The highest BCUT2D eigenvalue weighted by Crippen LogP contribution is 2.43. The van der Waals surface area contributed by atoms with Crippen molar-refractivity contribution in [2.75, 3.05) is 0 Å². The van der Waals surface area contributed by atoms with Gasteiger partial charge in [-0.15, -0.1) is 0 Å².